The molecule has 1 saturated carbocycles. The maximum Gasteiger partial charge on any atom is 0.251 e. The zero-order chi connectivity index (χ0) is 20.6. The Labute approximate surface area is 174 Å². The number of benzene rings is 2. The summed E-state index contributed by atoms with van der Waals surface area (Å²) in [5.74, 6) is 1.27. The summed E-state index contributed by atoms with van der Waals surface area (Å²) in [7, 11) is 4.36. The van der Waals surface area contributed by atoms with Crippen LogP contribution in [0.3, 0.4) is 0 Å². The smallest absolute Gasteiger partial charge is 0.251 e. The summed E-state index contributed by atoms with van der Waals surface area (Å²) in [5.41, 5.74) is 2.49. The third-order valence-electron chi connectivity index (χ3n) is 6.13. The summed E-state index contributed by atoms with van der Waals surface area (Å²) in [5, 5.41) is 12.0. The lowest BCUT2D eigenvalue weighted by atomic mass is 9.75. The largest absolute Gasteiger partial charge is 0.352 e. The van der Waals surface area contributed by atoms with Gasteiger partial charge in [0.05, 0.1) is 11.6 Å². The van der Waals surface area contributed by atoms with Gasteiger partial charge in [0.2, 0.25) is 0 Å². The number of rotatable bonds is 7. The Hall–Kier alpha value is -2.64. The highest BCUT2D eigenvalue weighted by Crippen LogP contribution is 2.40. The summed E-state index contributed by atoms with van der Waals surface area (Å²) < 4.78 is 0. The van der Waals surface area contributed by atoms with E-state index in [1.807, 2.05) is 0 Å². The predicted octanol–water partition coefficient (Wildman–Crippen LogP) is 4.79. The van der Waals surface area contributed by atoms with Gasteiger partial charge in [0.1, 0.15) is 0 Å². The Morgan fingerprint density at radius 2 is 1.83 bits per heavy atom. The number of amides is 1. The van der Waals surface area contributed by atoms with Crippen LogP contribution in [0.2, 0.25) is 0 Å². The number of carbonyl (C=O) groups excluding carboxylic acids is 1. The van der Waals surface area contributed by atoms with Crippen molar-refractivity contribution < 1.29 is 4.79 Å². The first-order valence-electron chi connectivity index (χ1n) is 10.6. The van der Waals surface area contributed by atoms with Gasteiger partial charge in [-0.05, 0) is 69.0 Å². The van der Waals surface area contributed by atoms with E-state index < -0.39 is 0 Å². The van der Waals surface area contributed by atoms with Gasteiger partial charge in [-0.1, -0.05) is 49.2 Å². The molecule has 1 N–H and O–H groups in total. The molecule has 1 unspecified atom stereocenters. The van der Waals surface area contributed by atoms with Crippen molar-refractivity contribution in [3.8, 4) is 6.07 Å². The van der Waals surface area contributed by atoms with Crippen molar-refractivity contribution in [2.24, 2.45) is 11.8 Å². The molecule has 152 valence electrons. The molecule has 1 amide bonds. The first-order valence-corrected chi connectivity index (χ1v) is 10.6. The van der Waals surface area contributed by atoms with Crippen molar-refractivity contribution >= 4 is 5.91 Å². The van der Waals surface area contributed by atoms with Crippen LogP contribution in [0.5, 0.6) is 0 Å². The van der Waals surface area contributed by atoms with Crippen LogP contribution in [0.4, 0.5) is 0 Å². The molecule has 1 fully saturated rings. The Morgan fingerprint density at radius 1 is 1.10 bits per heavy atom. The minimum Gasteiger partial charge on any atom is -0.352 e. The van der Waals surface area contributed by atoms with Crippen LogP contribution in [0, 0.1) is 23.2 Å². The lowest BCUT2D eigenvalue weighted by molar-refractivity contribution is 0.0947. The average Bonchev–Trinajstić information content (AvgIpc) is 2.75. The van der Waals surface area contributed by atoms with Crippen molar-refractivity contribution in [1.29, 1.82) is 5.26 Å². The fraction of sp³-hybridized carbons (Fsp3) is 0.440. The van der Waals surface area contributed by atoms with Crippen LogP contribution < -0.4 is 5.32 Å². The number of carbonyl (C=O) groups is 1. The Balaban J connectivity index is 1.46. The van der Waals surface area contributed by atoms with E-state index in [9.17, 15) is 4.79 Å². The molecule has 2 aromatic carbocycles. The summed E-state index contributed by atoms with van der Waals surface area (Å²) in [4.78, 5) is 14.7. The van der Waals surface area contributed by atoms with Gasteiger partial charge in [-0.3, -0.25) is 4.79 Å². The monoisotopic (exact) mass is 389 g/mol. The summed E-state index contributed by atoms with van der Waals surface area (Å²) in [6.45, 7) is 0.695. The molecule has 0 bridgehead atoms. The zero-order valence-electron chi connectivity index (χ0n) is 17.5. The Kier molecular flexibility index (Phi) is 7.43. The maximum atomic E-state index is 12.3. The third kappa shape index (κ3) is 5.68. The van der Waals surface area contributed by atoms with Crippen molar-refractivity contribution in [3.05, 3.63) is 71.3 Å². The highest BCUT2D eigenvalue weighted by Gasteiger charge is 2.29. The van der Waals surface area contributed by atoms with Gasteiger partial charge >= 0.3 is 0 Å². The second kappa shape index (κ2) is 10.2. The fourth-order valence-electron chi connectivity index (χ4n) is 4.66. The van der Waals surface area contributed by atoms with E-state index in [0.29, 0.717) is 35.5 Å². The van der Waals surface area contributed by atoms with Gasteiger partial charge in [0, 0.05) is 18.2 Å². The van der Waals surface area contributed by atoms with E-state index in [4.69, 9.17) is 5.26 Å². The molecule has 4 nitrogen and oxygen atoms in total. The van der Waals surface area contributed by atoms with E-state index in [1.54, 1.807) is 24.3 Å². The molecule has 0 radical (unpaired) electrons. The molecule has 0 saturated heterocycles. The molecule has 0 aromatic heterocycles. The molecule has 1 aliphatic carbocycles. The quantitative estimate of drug-likeness (QED) is 0.741. The molecule has 29 heavy (non-hydrogen) atoms. The van der Waals surface area contributed by atoms with Gasteiger partial charge in [-0.15, -0.1) is 0 Å². The summed E-state index contributed by atoms with van der Waals surface area (Å²) >= 11 is 0. The maximum absolute atomic E-state index is 12.3. The fourth-order valence-corrected chi connectivity index (χ4v) is 4.66. The highest BCUT2D eigenvalue weighted by atomic mass is 16.1. The van der Waals surface area contributed by atoms with E-state index >= 15 is 0 Å². The van der Waals surface area contributed by atoms with Gasteiger partial charge in [0.15, 0.2) is 0 Å². The van der Waals surface area contributed by atoms with Crippen molar-refractivity contribution in [3.63, 3.8) is 0 Å². The minimum atomic E-state index is -0.0902. The Morgan fingerprint density at radius 3 is 2.48 bits per heavy atom. The van der Waals surface area contributed by atoms with Crippen molar-refractivity contribution in [2.45, 2.75) is 38.1 Å². The highest BCUT2D eigenvalue weighted by molar-refractivity contribution is 5.94. The lowest BCUT2D eigenvalue weighted by Crippen LogP contribution is -2.31. The molecule has 3 rings (SSSR count). The van der Waals surface area contributed by atoms with E-state index in [1.165, 1.54) is 31.2 Å². The zero-order valence-corrected chi connectivity index (χ0v) is 17.5. The molecule has 0 aliphatic heterocycles. The number of nitrogens with zero attached hydrogens (tertiary/aromatic N) is 2. The molecule has 2 aromatic rings. The SMILES string of the molecule is CN(C)C(c1ccccc1)C1CCC(CCNC(=O)c2cccc(C#N)c2)CC1. The number of nitrogens with one attached hydrogen (secondary N) is 1. The molecular formula is C25H31N3O. The first kappa shape index (κ1) is 21.1. The van der Waals surface area contributed by atoms with Gasteiger partial charge < -0.3 is 10.2 Å². The van der Waals surface area contributed by atoms with Gasteiger partial charge in [-0.25, -0.2) is 0 Å². The van der Waals surface area contributed by atoms with Crippen LogP contribution in [0.25, 0.3) is 0 Å². The molecular weight excluding hydrogens is 358 g/mol. The normalized spacial score (nSPS) is 20.1. The van der Waals surface area contributed by atoms with Crippen molar-refractivity contribution in [2.75, 3.05) is 20.6 Å². The van der Waals surface area contributed by atoms with Gasteiger partial charge in [-0.2, -0.15) is 5.26 Å². The number of nitriles is 1. The average molecular weight is 390 g/mol. The van der Waals surface area contributed by atoms with E-state index in [2.05, 4.69) is 60.7 Å². The van der Waals surface area contributed by atoms with Crippen LogP contribution in [-0.2, 0) is 0 Å². The topological polar surface area (TPSA) is 56.1 Å². The molecule has 1 aliphatic rings. The first-order chi connectivity index (χ1) is 14.1. The van der Waals surface area contributed by atoms with Crippen LogP contribution in [-0.4, -0.2) is 31.4 Å². The minimum absolute atomic E-state index is 0.0902. The molecule has 0 spiro atoms. The van der Waals surface area contributed by atoms with Gasteiger partial charge in [0.25, 0.3) is 5.91 Å². The predicted molar refractivity (Wildman–Crippen MR) is 116 cm³/mol. The van der Waals surface area contributed by atoms with Crippen LogP contribution in [0.15, 0.2) is 54.6 Å². The van der Waals surface area contributed by atoms with Crippen molar-refractivity contribution in [1.82, 2.24) is 10.2 Å². The summed E-state index contributed by atoms with van der Waals surface area (Å²) in [6, 6.07) is 20.3. The van der Waals surface area contributed by atoms with E-state index in [-0.39, 0.29) is 5.91 Å². The summed E-state index contributed by atoms with van der Waals surface area (Å²) in [6.07, 6.45) is 5.94. The molecule has 1 atom stereocenters. The number of hydrogen-bond acceptors (Lipinski definition) is 3. The van der Waals surface area contributed by atoms with Crippen LogP contribution in [0.1, 0.15) is 59.6 Å². The Bertz CT molecular complexity index is 833. The number of hydrogen-bond donors (Lipinski definition) is 1. The van der Waals surface area contributed by atoms with Crippen LogP contribution >= 0.6 is 0 Å². The van der Waals surface area contributed by atoms with E-state index in [0.717, 1.165) is 6.42 Å². The molecule has 4 heteroatoms. The molecule has 0 heterocycles. The second-order valence-electron chi connectivity index (χ2n) is 8.34. The lowest BCUT2D eigenvalue weighted by Gasteiger charge is -2.37. The third-order valence-corrected chi connectivity index (χ3v) is 6.13. The standard InChI is InChI=1S/C25H31N3O/c1-28(2)24(21-8-4-3-5-9-21)22-13-11-19(12-14-22)15-16-27-25(29)23-10-6-7-20(17-23)18-26/h3-10,17,19,22,24H,11-16H2,1-2H3,(H,27,29). The second-order valence-corrected chi connectivity index (χ2v) is 8.34.